The van der Waals surface area contributed by atoms with E-state index in [2.05, 4.69) is 5.16 Å². The minimum atomic E-state index is -0.611. The molecule has 1 aromatic carbocycles. The molecule has 0 unspecified atom stereocenters. The summed E-state index contributed by atoms with van der Waals surface area (Å²) in [5.74, 6) is 0.0689. The fraction of sp³-hybridized carbons (Fsp3) is 0.417. The van der Waals surface area contributed by atoms with Gasteiger partial charge in [-0.1, -0.05) is 42.2 Å². The average molecular weight is 336 g/mol. The second kappa shape index (κ2) is 6.82. The first-order valence-electron chi connectivity index (χ1n) is 5.93. The van der Waals surface area contributed by atoms with Crippen molar-refractivity contribution >= 4 is 34.7 Å². The monoisotopic (exact) mass is 335 g/mol. The maximum atomic E-state index is 11.0. The highest BCUT2D eigenvalue weighted by Gasteiger charge is 2.25. The van der Waals surface area contributed by atoms with Gasteiger partial charge in [-0.05, 0) is 6.42 Å². The van der Waals surface area contributed by atoms with E-state index in [1.165, 1.54) is 6.07 Å². The number of nitrogens with zero attached hydrogens (tertiary/aromatic N) is 2. The highest BCUT2D eigenvalue weighted by atomic mass is 35.5. The zero-order valence-electron chi connectivity index (χ0n) is 11.5. The van der Waals surface area contributed by atoms with E-state index < -0.39 is 10.3 Å². The molecule has 1 aromatic rings. The van der Waals surface area contributed by atoms with E-state index in [9.17, 15) is 10.1 Å². The summed E-state index contributed by atoms with van der Waals surface area (Å²) in [7, 11) is 0. The van der Waals surface area contributed by atoms with Crippen LogP contribution in [0.15, 0.2) is 17.3 Å². The average Bonchev–Trinajstić information content (AvgIpc) is 2.40. The second-order valence-corrected chi connectivity index (χ2v) is 5.77. The van der Waals surface area contributed by atoms with Crippen molar-refractivity contribution in [1.82, 2.24) is 0 Å². The Kier molecular flexibility index (Phi) is 5.62. The maximum absolute atomic E-state index is 11.0. The number of nitrogens with two attached hydrogens (primary N) is 1. The smallest absolute Gasteiger partial charge is 0.312 e. The minimum Gasteiger partial charge on any atom is -0.487 e. The van der Waals surface area contributed by atoms with Gasteiger partial charge in [0.15, 0.2) is 5.75 Å². The molecule has 0 saturated carbocycles. The number of halogens is 2. The van der Waals surface area contributed by atoms with Crippen LogP contribution in [0.5, 0.6) is 5.75 Å². The molecule has 0 aliphatic rings. The third-order valence-corrected chi connectivity index (χ3v) is 3.71. The van der Waals surface area contributed by atoms with Crippen LogP contribution in [0.2, 0.25) is 10.0 Å². The van der Waals surface area contributed by atoms with Crippen molar-refractivity contribution in [1.29, 1.82) is 0 Å². The third-order valence-electron chi connectivity index (χ3n) is 2.98. The summed E-state index contributed by atoms with van der Waals surface area (Å²) in [4.78, 5) is 10.3. The van der Waals surface area contributed by atoms with E-state index in [1.54, 1.807) is 13.8 Å². The van der Waals surface area contributed by atoms with Crippen LogP contribution in [0.25, 0.3) is 0 Å². The molecule has 3 N–H and O–H groups in total. The highest BCUT2D eigenvalue weighted by Crippen LogP contribution is 2.36. The van der Waals surface area contributed by atoms with Crippen molar-refractivity contribution in [2.24, 2.45) is 16.3 Å². The van der Waals surface area contributed by atoms with Gasteiger partial charge >= 0.3 is 5.69 Å². The lowest BCUT2D eigenvalue weighted by molar-refractivity contribution is -0.385. The Morgan fingerprint density at radius 1 is 1.48 bits per heavy atom. The molecule has 0 aliphatic heterocycles. The minimum absolute atomic E-state index is 0.0182. The molecule has 0 heterocycles. The Bertz CT molecular complexity index is 576. The molecule has 0 fully saturated rings. The zero-order valence-corrected chi connectivity index (χ0v) is 13.0. The summed E-state index contributed by atoms with van der Waals surface area (Å²) in [5, 5.41) is 22.8. The normalized spacial score (nSPS) is 12.3. The fourth-order valence-electron chi connectivity index (χ4n) is 1.46. The summed E-state index contributed by atoms with van der Waals surface area (Å²) in [6.45, 7) is 3.64. The number of nitro benzene ring substituents is 1. The van der Waals surface area contributed by atoms with E-state index in [-0.39, 0.29) is 33.9 Å². The summed E-state index contributed by atoms with van der Waals surface area (Å²) < 4.78 is 5.39. The van der Waals surface area contributed by atoms with Gasteiger partial charge in [-0.3, -0.25) is 10.1 Å². The van der Waals surface area contributed by atoms with Gasteiger partial charge in [-0.15, -0.1) is 0 Å². The van der Waals surface area contributed by atoms with E-state index >= 15 is 0 Å². The van der Waals surface area contributed by atoms with Gasteiger partial charge in [0, 0.05) is 17.5 Å². The lowest BCUT2D eigenvalue weighted by Crippen LogP contribution is -2.33. The first kappa shape index (κ1) is 17.3. The molecule has 7 nitrogen and oxygen atoms in total. The molecule has 0 radical (unpaired) electrons. The Hall–Kier alpha value is -1.73. The largest absolute Gasteiger partial charge is 0.487 e. The standard InChI is InChI=1S/C12H15Cl2N3O4/c1-12(2,11(15)16-18)3-4-21-10-6-8(14)7(13)5-9(10)17(19)20/h5-6,18H,3-4H2,1-2H3,(H2,15,16). The number of nitro groups is 1. The predicted molar refractivity (Wildman–Crippen MR) is 80.4 cm³/mol. The van der Waals surface area contributed by atoms with Crippen LogP contribution < -0.4 is 10.5 Å². The quantitative estimate of drug-likeness (QED) is 0.272. The number of rotatable bonds is 6. The van der Waals surface area contributed by atoms with Crippen LogP contribution in [-0.4, -0.2) is 22.6 Å². The molecule has 21 heavy (non-hydrogen) atoms. The molecule has 0 aromatic heterocycles. The number of ether oxygens (including phenoxy) is 1. The Morgan fingerprint density at radius 2 is 2.05 bits per heavy atom. The number of hydrogen-bond acceptors (Lipinski definition) is 5. The first-order chi connectivity index (χ1) is 9.69. The number of oxime groups is 1. The van der Waals surface area contributed by atoms with Gasteiger partial charge in [0.25, 0.3) is 0 Å². The summed E-state index contributed by atoms with van der Waals surface area (Å²) in [6, 6.07) is 2.42. The van der Waals surface area contributed by atoms with Crippen molar-refractivity contribution < 1.29 is 14.9 Å². The Labute approximate surface area is 131 Å². The van der Waals surface area contributed by atoms with Gasteiger partial charge in [-0.25, -0.2) is 0 Å². The molecule has 0 aliphatic carbocycles. The van der Waals surface area contributed by atoms with Crippen molar-refractivity contribution in [2.75, 3.05) is 6.61 Å². The number of amidine groups is 1. The van der Waals surface area contributed by atoms with Crippen LogP contribution >= 0.6 is 23.2 Å². The van der Waals surface area contributed by atoms with E-state index in [0.29, 0.717) is 6.42 Å². The molecule has 0 spiro atoms. The van der Waals surface area contributed by atoms with E-state index in [1.807, 2.05) is 0 Å². The summed E-state index contributed by atoms with van der Waals surface area (Å²) in [6.07, 6.45) is 0.389. The number of hydrogen-bond donors (Lipinski definition) is 2. The molecule has 116 valence electrons. The van der Waals surface area contributed by atoms with Crippen molar-refractivity contribution in [3.05, 3.63) is 32.3 Å². The molecular formula is C12H15Cl2N3O4. The third kappa shape index (κ3) is 4.37. The van der Waals surface area contributed by atoms with Crippen LogP contribution in [0.3, 0.4) is 0 Å². The summed E-state index contributed by atoms with van der Waals surface area (Å²) in [5.41, 5.74) is 4.67. The first-order valence-corrected chi connectivity index (χ1v) is 6.69. The van der Waals surface area contributed by atoms with Crippen LogP contribution in [-0.2, 0) is 0 Å². The molecule has 0 bridgehead atoms. The SMILES string of the molecule is CC(C)(CCOc1cc(Cl)c(Cl)cc1[N+](=O)[O-])/C(N)=N/O. The number of benzene rings is 1. The van der Waals surface area contributed by atoms with Crippen molar-refractivity contribution in [3.63, 3.8) is 0 Å². The predicted octanol–water partition coefficient (Wildman–Crippen LogP) is 3.44. The Morgan fingerprint density at radius 3 is 2.57 bits per heavy atom. The maximum Gasteiger partial charge on any atom is 0.312 e. The molecule has 9 heteroatoms. The van der Waals surface area contributed by atoms with Gasteiger partial charge in [0.1, 0.15) is 5.84 Å². The lowest BCUT2D eigenvalue weighted by Gasteiger charge is -2.22. The molecule has 0 amide bonds. The van der Waals surface area contributed by atoms with Gasteiger partial charge in [0.05, 0.1) is 21.6 Å². The van der Waals surface area contributed by atoms with Gasteiger partial charge in [0.2, 0.25) is 0 Å². The van der Waals surface area contributed by atoms with Crippen molar-refractivity contribution in [3.8, 4) is 5.75 Å². The Balaban J connectivity index is 2.85. The van der Waals surface area contributed by atoms with Gasteiger partial charge < -0.3 is 15.7 Å². The molecular weight excluding hydrogens is 321 g/mol. The highest BCUT2D eigenvalue weighted by molar-refractivity contribution is 6.42. The van der Waals surface area contributed by atoms with E-state index in [4.69, 9.17) is 38.9 Å². The van der Waals surface area contributed by atoms with E-state index in [0.717, 1.165) is 6.07 Å². The molecule has 0 saturated heterocycles. The fourth-order valence-corrected chi connectivity index (χ4v) is 1.77. The van der Waals surface area contributed by atoms with Crippen molar-refractivity contribution in [2.45, 2.75) is 20.3 Å². The molecule has 0 atom stereocenters. The van der Waals surface area contributed by atoms with Crippen LogP contribution in [0.1, 0.15) is 20.3 Å². The van der Waals surface area contributed by atoms with Crippen LogP contribution in [0.4, 0.5) is 5.69 Å². The zero-order chi connectivity index (χ0) is 16.2. The van der Waals surface area contributed by atoms with Crippen LogP contribution in [0, 0.1) is 15.5 Å². The molecule has 1 rings (SSSR count). The summed E-state index contributed by atoms with van der Waals surface area (Å²) >= 11 is 11.6. The lowest BCUT2D eigenvalue weighted by atomic mass is 9.88. The van der Waals surface area contributed by atoms with Gasteiger partial charge in [-0.2, -0.15) is 0 Å². The topological polar surface area (TPSA) is 111 Å². The second-order valence-electron chi connectivity index (χ2n) is 4.96.